The van der Waals surface area contributed by atoms with Crippen molar-refractivity contribution < 1.29 is 5.11 Å². The first-order chi connectivity index (χ1) is 12.2. The first-order valence-corrected chi connectivity index (χ1v) is 8.09. The van der Waals surface area contributed by atoms with Crippen molar-refractivity contribution in [3.8, 4) is 0 Å². The standard InChI is InChI=1S/C19H19N5O/c1-2-14(25)9-24-10-15(17-18(20)22-11-23-19(17)24)13-7-12-5-3-4-6-16(12)21-8-13/h2-8,10-11,14,19,25H,1,9,20H2,(H,22,23)/t14-,19?/m1/s1. The highest BCUT2D eigenvalue weighted by atomic mass is 16.3. The van der Waals surface area contributed by atoms with E-state index in [2.05, 4.69) is 27.9 Å². The van der Waals surface area contributed by atoms with Crippen LogP contribution in [-0.4, -0.2) is 40.1 Å². The van der Waals surface area contributed by atoms with Gasteiger partial charge in [0.15, 0.2) is 0 Å². The molecule has 0 aliphatic carbocycles. The molecule has 1 aromatic carbocycles. The van der Waals surface area contributed by atoms with Gasteiger partial charge in [0.2, 0.25) is 0 Å². The van der Waals surface area contributed by atoms with E-state index >= 15 is 0 Å². The number of pyridine rings is 1. The van der Waals surface area contributed by atoms with E-state index in [9.17, 15) is 5.11 Å². The van der Waals surface area contributed by atoms with E-state index in [1.807, 2.05) is 41.6 Å². The highest BCUT2D eigenvalue weighted by Gasteiger charge is 2.34. The van der Waals surface area contributed by atoms with Crippen LogP contribution >= 0.6 is 0 Å². The molecular weight excluding hydrogens is 314 g/mol. The third-order valence-corrected chi connectivity index (χ3v) is 4.47. The second kappa shape index (κ2) is 6.07. The van der Waals surface area contributed by atoms with Gasteiger partial charge in [0.25, 0.3) is 0 Å². The number of para-hydroxylation sites is 1. The summed E-state index contributed by atoms with van der Waals surface area (Å²) in [6.07, 6.45) is 6.16. The number of aliphatic hydroxyl groups is 1. The van der Waals surface area contributed by atoms with Gasteiger partial charge in [-0.15, -0.1) is 6.58 Å². The number of nitrogens with two attached hydrogens (primary N) is 1. The van der Waals surface area contributed by atoms with E-state index in [0.717, 1.165) is 27.6 Å². The number of rotatable bonds is 4. The number of fused-ring (bicyclic) bond motifs is 2. The minimum atomic E-state index is -0.631. The van der Waals surface area contributed by atoms with Crippen molar-refractivity contribution in [1.82, 2.24) is 15.2 Å². The van der Waals surface area contributed by atoms with E-state index in [0.29, 0.717) is 12.4 Å². The summed E-state index contributed by atoms with van der Waals surface area (Å²) in [6.45, 7) is 4.06. The number of nitrogens with zero attached hydrogens (tertiary/aromatic N) is 3. The normalized spacial score (nSPS) is 20.3. The fourth-order valence-corrected chi connectivity index (χ4v) is 3.22. The largest absolute Gasteiger partial charge is 0.387 e. The number of benzene rings is 1. The van der Waals surface area contributed by atoms with Gasteiger partial charge in [0.05, 0.1) is 18.0 Å². The number of nitrogens with one attached hydrogen (secondary N) is 1. The van der Waals surface area contributed by atoms with Crippen molar-refractivity contribution >= 4 is 22.8 Å². The number of aliphatic hydroxyl groups excluding tert-OH is 1. The molecule has 4 N–H and O–H groups in total. The zero-order valence-electron chi connectivity index (χ0n) is 13.6. The summed E-state index contributed by atoms with van der Waals surface area (Å²) in [5.41, 5.74) is 9.93. The van der Waals surface area contributed by atoms with Crippen LogP contribution in [0.1, 0.15) is 5.56 Å². The minimum Gasteiger partial charge on any atom is -0.387 e. The Bertz CT molecular complexity index is 930. The third-order valence-electron chi connectivity index (χ3n) is 4.47. The van der Waals surface area contributed by atoms with Gasteiger partial charge in [-0.05, 0) is 12.1 Å². The summed E-state index contributed by atoms with van der Waals surface area (Å²) in [5, 5.41) is 14.2. The molecule has 0 amide bonds. The smallest absolute Gasteiger partial charge is 0.132 e. The molecule has 3 heterocycles. The van der Waals surface area contributed by atoms with Gasteiger partial charge >= 0.3 is 0 Å². The van der Waals surface area contributed by atoms with Gasteiger partial charge in [0, 0.05) is 41.0 Å². The Hall–Kier alpha value is -3.12. The van der Waals surface area contributed by atoms with Gasteiger partial charge < -0.3 is 21.1 Å². The molecule has 0 fully saturated rings. The summed E-state index contributed by atoms with van der Waals surface area (Å²) in [4.78, 5) is 10.7. The molecule has 1 unspecified atom stereocenters. The van der Waals surface area contributed by atoms with Crippen LogP contribution in [0.25, 0.3) is 16.5 Å². The lowest BCUT2D eigenvalue weighted by Crippen LogP contribution is -2.45. The second-order valence-electron chi connectivity index (χ2n) is 6.09. The number of aliphatic imine (C=N–C) groups is 1. The zero-order chi connectivity index (χ0) is 17.4. The average molecular weight is 333 g/mol. The Morgan fingerprint density at radius 3 is 3.08 bits per heavy atom. The van der Waals surface area contributed by atoms with E-state index < -0.39 is 6.10 Å². The van der Waals surface area contributed by atoms with Gasteiger partial charge in [-0.3, -0.25) is 4.98 Å². The van der Waals surface area contributed by atoms with Crippen LogP contribution in [0.3, 0.4) is 0 Å². The first-order valence-electron chi connectivity index (χ1n) is 8.09. The molecule has 1 aromatic heterocycles. The van der Waals surface area contributed by atoms with E-state index in [1.54, 1.807) is 6.34 Å². The molecule has 126 valence electrons. The van der Waals surface area contributed by atoms with E-state index in [4.69, 9.17) is 5.73 Å². The van der Waals surface area contributed by atoms with Crippen LogP contribution in [0.15, 0.2) is 71.8 Å². The highest BCUT2D eigenvalue weighted by molar-refractivity contribution is 5.89. The van der Waals surface area contributed by atoms with Crippen LogP contribution < -0.4 is 11.1 Å². The molecule has 2 aliphatic heterocycles. The monoisotopic (exact) mass is 333 g/mol. The number of hydrogen-bond acceptors (Lipinski definition) is 6. The van der Waals surface area contributed by atoms with Crippen molar-refractivity contribution in [2.75, 3.05) is 6.54 Å². The molecule has 0 saturated heterocycles. The predicted molar refractivity (Wildman–Crippen MR) is 99.3 cm³/mol. The SMILES string of the molecule is C=C[C@@H](O)CN1C=C(c2cnc3ccccc3c2)C2=C(N)N=CNC21. The quantitative estimate of drug-likeness (QED) is 0.739. The molecule has 2 aliphatic rings. The summed E-state index contributed by atoms with van der Waals surface area (Å²) in [6, 6.07) is 10.1. The molecule has 2 atom stereocenters. The summed E-state index contributed by atoms with van der Waals surface area (Å²) < 4.78 is 0. The summed E-state index contributed by atoms with van der Waals surface area (Å²) in [5.74, 6) is 0.471. The lowest BCUT2D eigenvalue weighted by molar-refractivity contribution is 0.160. The molecule has 25 heavy (non-hydrogen) atoms. The van der Waals surface area contributed by atoms with Gasteiger partial charge in [-0.1, -0.05) is 24.3 Å². The fourth-order valence-electron chi connectivity index (χ4n) is 3.22. The van der Waals surface area contributed by atoms with Crippen molar-refractivity contribution in [2.24, 2.45) is 10.7 Å². The fraction of sp³-hybridized carbons (Fsp3) is 0.158. The van der Waals surface area contributed by atoms with Crippen molar-refractivity contribution in [3.05, 3.63) is 72.3 Å². The van der Waals surface area contributed by atoms with E-state index in [-0.39, 0.29) is 6.17 Å². The number of hydrogen-bond donors (Lipinski definition) is 3. The maximum atomic E-state index is 9.96. The van der Waals surface area contributed by atoms with Crippen molar-refractivity contribution in [3.63, 3.8) is 0 Å². The van der Waals surface area contributed by atoms with Gasteiger partial charge in [-0.25, -0.2) is 4.99 Å². The number of β-amino-alcohol motifs (C(OH)–C–C–N with tert-alkyl or cyclic N) is 1. The van der Waals surface area contributed by atoms with E-state index in [1.165, 1.54) is 6.08 Å². The molecule has 4 rings (SSSR count). The molecule has 6 nitrogen and oxygen atoms in total. The van der Waals surface area contributed by atoms with Crippen LogP contribution in [0.5, 0.6) is 0 Å². The Morgan fingerprint density at radius 2 is 2.24 bits per heavy atom. The molecule has 0 bridgehead atoms. The van der Waals surface area contributed by atoms with Gasteiger partial charge in [-0.2, -0.15) is 0 Å². The van der Waals surface area contributed by atoms with Crippen LogP contribution in [0.4, 0.5) is 0 Å². The molecule has 0 spiro atoms. The van der Waals surface area contributed by atoms with Crippen LogP contribution in [-0.2, 0) is 0 Å². The lowest BCUT2D eigenvalue weighted by atomic mass is 9.98. The maximum absolute atomic E-state index is 9.96. The minimum absolute atomic E-state index is 0.159. The molecule has 0 radical (unpaired) electrons. The first kappa shape index (κ1) is 15.4. The Morgan fingerprint density at radius 1 is 1.40 bits per heavy atom. The van der Waals surface area contributed by atoms with Crippen LogP contribution in [0, 0.1) is 0 Å². The van der Waals surface area contributed by atoms with Crippen LogP contribution in [0.2, 0.25) is 0 Å². The molecule has 0 saturated carbocycles. The molecule has 2 aromatic rings. The summed E-state index contributed by atoms with van der Waals surface area (Å²) in [7, 11) is 0. The lowest BCUT2D eigenvalue weighted by Gasteiger charge is -2.29. The maximum Gasteiger partial charge on any atom is 0.132 e. The zero-order valence-corrected chi connectivity index (χ0v) is 13.6. The second-order valence-corrected chi connectivity index (χ2v) is 6.09. The van der Waals surface area contributed by atoms with Crippen molar-refractivity contribution in [2.45, 2.75) is 12.3 Å². The Balaban J connectivity index is 1.80. The Labute approximate surface area is 145 Å². The third kappa shape index (κ3) is 2.66. The Kier molecular flexibility index (Phi) is 3.74. The highest BCUT2D eigenvalue weighted by Crippen LogP contribution is 2.36. The average Bonchev–Trinajstić information content (AvgIpc) is 3.01. The molecule has 6 heteroatoms. The molecular formula is C19H19N5O. The van der Waals surface area contributed by atoms with Crippen molar-refractivity contribution in [1.29, 1.82) is 0 Å². The summed E-state index contributed by atoms with van der Waals surface area (Å²) >= 11 is 0. The topological polar surface area (TPSA) is 86.8 Å². The number of aromatic nitrogens is 1. The predicted octanol–water partition coefficient (Wildman–Crippen LogP) is 1.57. The van der Waals surface area contributed by atoms with Gasteiger partial charge in [0.1, 0.15) is 12.0 Å².